The van der Waals surface area contributed by atoms with E-state index in [1.165, 1.54) is 11.3 Å². The van der Waals surface area contributed by atoms with E-state index in [0.717, 1.165) is 25.7 Å². The molecule has 0 N–H and O–H groups in total. The van der Waals surface area contributed by atoms with Gasteiger partial charge in [0.15, 0.2) is 0 Å². The number of benzene rings is 1. The second-order valence-electron chi connectivity index (χ2n) is 4.66. The van der Waals surface area contributed by atoms with Crippen molar-refractivity contribution < 1.29 is 4.79 Å². The summed E-state index contributed by atoms with van der Waals surface area (Å²) in [5, 5.41) is 0. The highest BCUT2D eigenvalue weighted by atomic mass is 16.1. The fourth-order valence-electron chi connectivity index (χ4n) is 2.20. The van der Waals surface area contributed by atoms with Gasteiger partial charge in [0.25, 0.3) is 0 Å². The summed E-state index contributed by atoms with van der Waals surface area (Å²) in [5.74, 6) is 0. The molecule has 1 aromatic rings. The molecule has 80 valence electrons. The number of anilines is 1. The van der Waals surface area contributed by atoms with Gasteiger partial charge in [0, 0.05) is 12.2 Å². The number of carbonyl (C=O) groups excluding carboxylic acids is 1. The monoisotopic (exact) mass is 203 g/mol. The fourth-order valence-corrected chi connectivity index (χ4v) is 2.20. The molecular formula is C13H17NO. The molecule has 1 aliphatic rings. The van der Waals surface area contributed by atoms with E-state index in [4.69, 9.17) is 0 Å². The van der Waals surface area contributed by atoms with E-state index in [1.807, 2.05) is 19.9 Å². The number of para-hydroxylation sites is 1. The third kappa shape index (κ3) is 1.76. The molecule has 2 nitrogen and oxygen atoms in total. The van der Waals surface area contributed by atoms with E-state index in [2.05, 4.69) is 23.1 Å². The molecule has 0 aromatic heterocycles. The smallest absolute Gasteiger partial charge is 0.144 e. The van der Waals surface area contributed by atoms with Crippen molar-refractivity contribution in [1.29, 1.82) is 0 Å². The van der Waals surface area contributed by atoms with Gasteiger partial charge >= 0.3 is 0 Å². The molecule has 0 spiro atoms. The van der Waals surface area contributed by atoms with Crippen LogP contribution in [-0.4, -0.2) is 18.4 Å². The molecule has 1 heterocycles. The largest absolute Gasteiger partial charge is 0.359 e. The molecule has 0 amide bonds. The number of aryl methyl sites for hydroxylation is 1. The molecule has 2 heteroatoms. The topological polar surface area (TPSA) is 20.3 Å². The molecule has 0 bridgehead atoms. The second-order valence-corrected chi connectivity index (χ2v) is 4.66. The first kappa shape index (κ1) is 10.2. The number of hydrogen-bond donors (Lipinski definition) is 0. The number of rotatable bonds is 2. The van der Waals surface area contributed by atoms with Gasteiger partial charge < -0.3 is 9.69 Å². The van der Waals surface area contributed by atoms with Crippen LogP contribution in [0.25, 0.3) is 0 Å². The lowest BCUT2D eigenvalue weighted by Crippen LogP contribution is -2.48. The Morgan fingerprint density at radius 1 is 1.33 bits per heavy atom. The Hall–Kier alpha value is -1.31. The van der Waals surface area contributed by atoms with Crippen LogP contribution in [0.15, 0.2) is 24.3 Å². The molecule has 2 rings (SSSR count). The standard InChI is InChI=1S/C13H17NO/c1-13(2,10-15)14-9-5-7-11-6-3-4-8-12(11)14/h3-4,6,8,10H,5,7,9H2,1-2H3. The Morgan fingerprint density at radius 2 is 2.07 bits per heavy atom. The maximum absolute atomic E-state index is 11.1. The van der Waals surface area contributed by atoms with Crippen molar-refractivity contribution in [3.8, 4) is 0 Å². The maximum Gasteiger partial charge on any atom is 0.144 e. The Morgan fingerprint density at radius 3 is 2.80 bits per heavy atom. The van der Waals surface area contributed by atoms with Gasteiger partial charge in [-0.2, -0.15) is 0 Å². The summed E-state index contributed by atoms with van der Waals surface area (Å²) in [6.07, 6.45) is 3.30. The van der Waals surface area contributed by atoms with Crippen molar-refractivity contribution in [3.63, 3.8) is 0 Å². The van der Waals surface area contributed by atoms with Crippen LogP contribution in [0.2, 0.25) is 0 Å². The summed E-state index contributed by atoms with van der Waals surface area (Å²) in [5.41, 5.74) is 2.19. The van der Waals surface area contributed by atoms with E-state index < -0.39 is 5.54 Å². The van der Waals surface area contributed by atoms with Crippen LogP contribution in [0.5, 0.6) is 0 Å². The summed E-state index contributed by atoms with van der Waals surface area (Å²) >= 11 is 0. The Balaban J connectivity index is 2.42. The van der Waals surface area contributed by atoms with Gasteiger partial charge in [-0.25, -0.2) is 0 Å². The molecule has 0 unspecified atom stereocenters. The summed E-state index contributed by atoms with van der Waals surface area (Å²) < 4.78 is 0. The third-order valence-corrected chi connectivity index (χ3v) is 3.09. The van der Waals surface area contributed by atoms with Crippen molar-refractivity contribution in [2.24, 2.45) is 0 Å². The minimum absolute atomic E-state index is 0.392. The number of nitrogens with zero attached hydrogens (tertiary/aromatic N) is 1. The van der Waals surface area contributed by atoms with Crippen molar-refractivity contribution in [2.45, 2.75) is 32.2 Å². The summed E-state index contributed by atoms with van der Waals surface area (Å²) in [4.78, 5) is 13.3. The molecule has 0 radical (unpaired) electrons. The van der Waals surface area contributed by atoms with Crippen molar-refractivity contribution in [3.05, 3.63) is 29.8 Å². The van der Waals surface area contributed by atoms with Crippen molar-refractivity contribution >= 4 is 12.0 Å². The van der Waals surface area contributed by atoms with E-state index in [1.54, 1.807) is 0 Å². The van der Waals surface area contributed by atoms with Crippen molar-refractivity contribution in [2.75, 3.05) is 11.4 Å². The quantitative estimate of drug-likeness (QED) is 0.688. The molecule has 1 aromatic carbocycles. The highest BCUT2D eigenvalue weighted by Crippen LogP contribution is 2.31. The zero-order valence-electron chi connectivity index (χ0n) is 9.36. The lowest BCUT2D eigenvalue weighted by molar-refractivity contribution is -0.111. The molecular weight excluding hydrogens is 186 g/mol. The first-order valence-electron chi connectivity index (χ1n) is 5.47. The zero-order chi connectivity index (χ0) is 10.9. The highest BCUT2D eigenvalue weighted by Gasteiger charge is 2.29. The average molecular weight is 203 g/mol. The minimum Gasteiger partial charge on any atom is -0.359 e. The van der Waals surface area contributed by atoms with Gasteiger partial charge in [0.2, 0.25) is 0 Å². The number of hydrogen-bond acceptors (Lipinski definition) is 2. The van der Waals surface area contributed by atoms with Crippen LogP contribution in [0.1, 0.15) is 25.8 Å². The molecule has 0 saturated heterocycles. The van der Waals surface area contributed by atoms with E-state index in [9.17, 15) is 4.79 Å². The molecule has 0 saturated carbocycles. The predicted molar refractivity (Wildman–Crippen MR) is 62.3 cm³/mol. The first-order chi connectivity index (χ1) is 7.15. The molecule has 0 fully saturated rings. The molecule has 1 aliphatic heterocycles. The highest BCUT2D eigenvalue weighted by molar-refractivity contribution is 5.72. The van der Waals surface area contributed by atoms with Crippen LogP contribution in [0.4, 0.5) is 5.69 Å². The number of fused-ring (bicyclic) bond motifs is 1. The molecule has 0 aliphatic carbocycles. The Kier molecular flexibility index (Phi) is 2.51. The van der Waals surface area contributed by atoms with Gasteiger partial charge in [-0.15, -0.1) is 0 Å². The van der Waals surface area contributed by atoms with Crippen LogP contribution in [0.3, 0.4) is 0 Å². The van der Waals surface area contributed by atoms with Crippen molar-refractivity contribution in [1.82, 2.24) is 0 Å². The lowest BCUT2D eigenvalue weighted by atomic mass is 9.95. The van der Waals surface area contributed by atoms with Gasteiger partial charge in [-0.05, 0) is 38.3 Å². The van der Waals surface area contributed by atoms with E-state index in [0.29, 0.717) is 0 Å². The first-order valence-corrected chi connectivity index (χ1v) is 5.47. The number of aldehydes is 1. The summed E-state index contributed by atoms with van der Waals surface area (Å²) in [7, 11) is 0. The minimum atomic E-state index is -0.392. The van der Waals surface area contributed by atoms with Gasteiger partial charge in [-0.1, -0.05) is 18.2 Å². The predicted octanol–water partition coefficient (Wildman–Crippen LogP) is 2.42. The third-order valence-electron chi connectivity index (χ3n) is 3.09. The Bertz CT molecular complexity index is 371. The molecule has 15 heavy (non-hydrogen) atoms. The van der Waals surface area contributed by atoms with E-state index >= 15 is 0 Å². The van der Waals surface area contributed by atoms with Crippen LogP contribution < -0.4 is 4.90 Å². The fraction of sp³-hybridized carbons (Fsp3) is 0.462. The maximum atomic E-state index is 11.1. The summed E-state index contributed by atoms with van der Waals surface area (Å²) in [6, 6.07) is 8.37. The normalized spacial score (nSPS) is 16.0. The van der Waals surface area contributed by atoms with Crippen LogP contribution in [0, 0.1) is 0 Å². The van der Waals surface area contributed by atoms with Crippen LogP contribution >= 0.6 is 0 Å². The van der Waals surface area contributed by atoms with Crippen LogP contribution in [-0.2, 0) is 11.2 Å². The van der Waals surface area contributed by atoms with Gasteiger partial charge in [-0.3, -0.25) is 0 Å². The summed E-state index contributed by atoms with van der Waals surface area (Å²) in [6.45, 7) is 4.92. The Labute approximate surface area is 90.9 Å². The number of carbonyl (C=O) groups is 1. The van der Waals surface area contributed by atoms with Gasteiger partial charge in [0.1, 0.15) is 6.29 Å². The lowest BCUT2D eigenvalue weighted by Gasteiger charge is -2.40. The van der Waals surface area contributed by atoms with E-state index in [-0.39, 0.29) is 0 Å². The zero-order valence-corrected chi connectivity index (χ0v) is 9.36. The molecule has 0 atom stereocenters. The average Bonchev–Trinajstić information content (AvgIpc) is 2.28. The second kappa shape index (κ2) is 3.69. The SMILES string of the molecule is CC(C)(C=O)N1CCCc2ccccc21. The van der Waals surface area contributed by atoms with Gasteiger partial charge in [0.05, 0.1) is 5.54 Å².